The highest BCUT2D eigenvalue weighted by atomic mass is 16.2. The Bertz CT molecular complexity index is 407. The Kier molecular flexibility index (Phi) is 4.91. The number of carbonyl (C=O) groups excluding carboxylic acids is 1. The molecule has 4 heteroatoms. The predicted octanol–water partition coefficient (Wildman–Crippen LogP) is 1.60. The summed E-state index contributed by atoms with van der Waals surface area (Å²) in [6, 6.07) is 4.19. The third-order valence-corrected chi connectivity index (χ3v) is 3.93. The van der Waals surface area contributed by atoms with Gasteiger partial charge in [-0.15, -0.1) is 0 Å². The molecule has 0 aromatic carbocycles. The third-order valence-electron chi connectivity index (χ3n) is 3.93. The van der Waals surface area contributed by atoms with Gasteiger partial charge in [0.1, 0.15) is 0 Å². The summed E-state index contributed by atoms with van der Waals surface area (Å²) in [7, 11) is 1.89. The Morgan fingerprint density at radius 3 is 2.84 bits per heavy atom. The van der Waals surface area contributed by atoms with Gasteiger partial charge in [0.25, 0.3) is 0 Å². The maximum absolute atomic E-state index is 12.3. The monoisotopic (exact) mass is 261 g/mol. The van der Waals surface area contributed by atoms with Crippen molar-refractivity contribution in [2.24, 2.45) is 11.7 Å². The summed E-state index contributed by atoms with van der Waals surface area (Å²) >= 11 is 0. The molecular formula is C15H23N3O. The SMILES string of the molecule is CN(CCc1ccncc1)C(=O)C1CCCC(N)C1. The van der Waals surface area contributed by atoms with Crippen LogP contribution in [0.15, 0.2) is 24.5 Å². The van der Waals surface area contributed by atoms with E-state index >= 15 is 0 Å². The first-order valence-corrected chi connectivity index (χ1v) is 7.06. The summed E-state index contributed by atoms with van der Waals surface area (Å²) in [6.07, 6.45) is 8.43. The Hall–Kier alpha value is -1.42. The molecule has 0 aliphatic heterocycles. The van der Waals surface area contributed by atoms with E-state index in [1.54, 1.807) is 12.4 Å². The van der Waals surface area contributed by atoms with Crippen LogP contribution in [0, 0.1) is 5.92 Å². The van der Waals surface area contributed by atoms with Gasteiger partial charge in [0.05, 0.1) is 0 Å². The van der Waals surface area contributed by atoms with Gasteiger partial charge in [0.15, 0.2) is 0 Å². The lowest BCUT2D eigenvalue weighted by molar-refractivity contribution is -0.135. The molecule has 1 heterocycles. The van der Waals surface area contributed by atoms with Crippen LogP contribution in [0.4, 0.5) is 0 Å². The molecule has 4 nitrogen and oxygen atoms in total. The topological polar surface area (TPSA) is 59.2 Å². The summed E-state index contributed by atoms with van der Waals surface area (Å²) in [5, 5.41) is 0. The molecule has 1 saturated carbocycles. The van der Waals surface area contributed by atoms with Crippen molar-refractivity contribution in [2.75, 3.05) is 13.6 Å². The molecular weight excluding hydrogens is 238 g/mol. The molecule has 2 rings (SSSR count). The number of hydrogen-bond acceptors (Lipinski definition) is 3. The van der Waals surface area contributed by atoms with E-state index in [-0.39, 0.29) is 17.9 Å². The number of carbonyl (C=O) groups is 1. The van der Waals surface area contributed by atoms with Crippen molar-refractivity contribution in [1.82, 2.24) is 9.88 Å². The van der Waals surface area contributed by atoms with E-state index in [1.165, 1.54) is 5.56 Å². The maximum Gasteiger partial charge on any atom is 0.225 e. The Morgan fingerprint density at radius 2 is 2.16 bits per heavy atom. The van der Waals surface area contributed by atoms with Crippen molar-refractivity contribution < 1.29 is 4.79 Å². The number of likely N-dealkylation sites (N-methyl/N-ethyl adjacent to an activating group) is 1. The highest BCUT2D eigenvalue weighted by Crippen LogP contribution is 2.24. The van der Waals surface area contributed by atoms with Gasteiger partial charge in [-0.25, -0.2) is 0 Å². The van der Waals surface area contributed by atoms with Crippen LogP contribution in [0.25, 0.3) is 0 Å². The number of nitrogens with two attached hydrogens (primary N) is 1. The molecule has 1 aromatic rings. The summed E-state index contributed by atoms with van der Waals surface area (Å²) in [4.78, 5) is 18.2. The molecule has 1 fully saturated rings. The molecule has 1 aromatic heterocycles. The summed E-state index contributed by atoms with van der Waals surface area (Å²) in [5.74, 6) is 0.385. The van der Waals surface area contributed by atoms with E-state index in [0.717, 1.165) is 38.6 Å². The lowest BCUT2D eigenvalue weighted by atomic mass is 9.85. The van der Waals surface area contributed by atoms with Crippen LogP contribution in [0.5, 0.6) is 0 Å². The molecule has 0 saturated heterocycles. The van der Waals surface area contributed by atoms with Gasteiger partial charge in [0.2, 0.25) is 5.91 Å². The van der Waals surface area contributed by atoms with Crippen LogP contribution in [-0.4, -0.2) is 35.4 Å². The average molecular weight is 261 g/mol. The Morgan fingerprint density at radius 1 is 1.42 bits per heavy atom. The highest BCUT2D eigenvalue weighted by molar-refractivity contribution is 5.78. The van der Waals surface area contributed by atoms with E-state index in [9.17, 15) is 4.79 Å². The minimum Gasteiger partial charge on any atom is -0.345 e. The molecule has 104 valence electrons. The molecule has 1 aliphatic rings. The summed E-state index contributed by atoms with van der Waals surface area (Å²) in [6.45, 7) is 0.759. The summed E-state index contributed by atoms with van der Waals surface area (Å²) < 4.78 is 0. The van der Waals surface area contributed by atoms with Crippen LogP contribution < -0.4 is 5.73 Å². The average Bonchev–Trinajstić information content (AvgIpc) is 2.45. The fourth-order valence-corrected chi connectivity index (χ4v) is 2.72. The lowest BCUT2D eigenvalue weighted by Crippen LogP contribution is -2.39. The first kappa shape index (κ1) is 14.0. The standard InChI is InChI=1S/C15H23N3O/c1-18(10-7-12-5-8-17-9-6-12)15(19)13-3-2-4-14(16)11-13/h5-6,8-9,13-14H,2-4,7,10-11,16H2,1H3. The zero-order chi connectivity index (χ0) is 13.7. The van der Waals surface area contributed by atoms with E-state index in [4.69, 9.17) is 5.73 Å². The fourth-order valence-electron chi connectivity index (χ4n) is 2.72. The van der Waals surface area contributed by atoms with Gasteiger partial charge in [-0.05, 0) is 43.4 Å². The van der Waals surface area contributed by atoms with Crippen LogP contribution in [-0.2, 0) is 11.2 Å². The van der Waals surface area contributed by atoms with Crippen molar-refractivity contribution in [3.63, 3.8) is 0 Å². The second-order valence-electron chi connectivity index (χ2n) is 5.49. The Balaban J connectivity index is 1.82. The largest absolute Gasteiger partial charge is 0.345 e. The van der Waals surface area contributed by atoms with Gasteiger partial charge in [0, 0.05) is 37.9 Å². The van der Waals surface area contributed by atoms with Crippen LogP contribution in [0.3, 0.4) is 0 Å². The third kappa shape index (κ3) is 4.03. The molecule has 1 aliphatic carbocycles. The Labute approximate surface area is 115 Å². The molecule has 0 bridgehead atoms. The van der Waals surface area contributed by atoms with Crippen molar-refractivity contribution in [1.29, 1.82) is 0 Å². The number of amides is 1. The second-order valence-corrected chi connectivity index (χ2v) is 5.49. The number of rotatable bonds is 4. The van der Waals surface area contributed by atoms with Gasteiger partial charge in [-0.3, -0.25) is 9.78 Å². The zero-order valence-corrected chi connectivity index (χ0v) is 11.6. The quantitative estimate of drug-likeness (QED) is 0.895. The molecule has 1 amide bonds. The first-order chi connectivity index (χ1) is 9.16. The van der Waals surface area contributed by atoms with Crippen LogP contribution in [0.2, 0.25) is 0 Å². The molecule has 0 spiro atoms. The number of nitrogens with zero attached hydrogens (tertiary/aromatic N) is 2. The number of aromatic nitrogens is 1. The van der Waals surface area contributed by atoms with Gasteiger partial charge in [-0.1, -0.05) is 6.42 Å². The maximum atomic E-state index is 12.3. The summed E-state index contributed by atoms with van der Waals surface area (Å²) in [5.41, 5.74) is 7.17. The predicted molar refractivity (Wildman–Crippen MR) is 75.5 cm³/mol. The normalized spacial score (nSPS) is 23.1. The minimum absolute atomic E-state index is 0.131. The fraction of sp³-hybridized carbons (Fsp3) is 0.600. The molecule has 0 radical (unpaired) electrons. The van der Waals surface area contributed by atoms with Gasteiger partial charge < -0.3 is 10.6 Å². The number of pyridine rings is 1. The van der Waals surface area contributed by atoms with Crippen LogP contribution in [0.1, 0.15) is 31.2 Å². The molecule has 2 N–H and O–H groups in total. The molecule has 2 unspecified atom stereocenters. The molecule has 19 heavy (non-hydrogen) atoms. The van der Waals surface area contributed by atoms with Gasteiger partial charge >= 0.3 is 0 Å². The van der Waals surface area contributed by atoms with E-state index in [1.807, 2.05) is 24.1 Å². The second kappa shape index (κ2) is 6.66. The lowest BCUT2D eigenvalue weighted by Gasteiger charge is -2.29. The van der Waals surface area contributed by atoms with Gasteiger partial charge in [-0.2, -0.15) is 0 Å². The van der Waals surface area contributed by atoms with Crippen molar-refractivity contribution >= 4 is 5.91 Å². The first-order valence-electron chi connectivity index (χ1n) is 7.06. The highest BCUT2D eigenvalue weighted by Gasteiger charge is 2.27. The van der Waals surface area contributed by atoms with E-state index in [2.05, 4.69) is 4.98 Å². The van der Waals surface area contributed by atoms with Crippen LogP contribution >= 0.6 is 0 Å². The van der Waals surface area contributed by atoms with Crippen molar-refractivity contribution in [2.45, 2.75) is 38.1 Å². The minimum atomic E-state index is 0.131. The van der Waals surface area contributed by atoms with E-state index < -0.39 is 0 Å². The zero-order valence-electron chi connectivity index (χ0n) is 11.6. The number of hydrogen-bond donors (Lipinski definition) is 1. The van der Waals surface area contributed by atoms with Crippen molar-refractivity contribution in [3.8, 4) is 0 Å². The molecule has 2 atom stereocenters. The van der Waals surface area contributed by atoms with E-state index in [0.29, 0.717) is 0 Å². The smallest absolute Gasteiger partial charge is 0.225 e. The van der Waals surface area contributed by atoms with Crippen molar-refractivity contribution in [3.05, 3.63) is 30.1 Å².